The van der Waals surface area contributed by atoms with Crippen LogP contribution in [0.1, 0.15) is 23.7 Å². The highest BCUT2D eigenvalue weighted by atomic mass is 16.1. The van der Waals surface area contributed by atoms with E-state index in [9.17, 15) is 10.1 Å². The van der Waals surface area contributed by atoms with Crippen LogP contribution in [0.25, 0.3) is 11.0 Å². The fourth-order valence-electron chi connectivity index (χ4n) is 3.21. The molecule has 0 bridgehead atoms. The average Bonchev–Trinajstić information content (AvgIpc) is 3.11. The van der Waals surface area contributed by atoms with Gasteiger partial charge in [0.05, 0.1) is 11.2 Å². The van der Waals surface area contributed by atoms with Crippen LogP contribution < -0.4 is 10.5 Å². The van der Waals surface area contributed by atoms with Gasteiger partial charge in [0.25, 0.3) is 5.56 Å². The molecule has 3 aromatic heterocycles. The van der Waals surface area contributed by atoms with E-state index in [0.717, 1.165) is 18.8 Å². The number of H-pyrrole nitrogens is 1. The summed E-state index contributed by atoms with van der Waals surface area (Å²) < 4.78 is 0. The highest BCUT2D eigenvalue weighted by molar-refractivity contribution is 5.91. The zero-order chi connectivity index (χ0) is 16.5. The number of aromatic amines is 1. The Labute approximate surface area is 137 Å². The fraction of sp³-hybridized carbons (Fsp3) is 0.235. The van der Waals surface area contributed by atoms with Gasteiger partial charge in [-0.1, -0.05) is 0 Å². The van der Waals surface area contributed by atoms with E-state index in [1.807, 2.05) is 11.0 Å². The van der Waals surface area contributed by atoms with Crippen LogP contribution in [-0.2, 0) is 0 Å². The lowest BCUT2D eigenvalue weighted by atomic mass is 10.1. The van der Waals surface area contributed by atoms with E-state index in [2.05, 4.69) is 19.9 Å². The minimum absolute atomic E-state index is 0.107. The van der Waals surface area contributed by atoms with Crippen LogP contribution in [0.2, 0.25) is 0 Å². The maximum Gasteiger partial charge on any atom is 0.268 e. The van der Waals surface area contributed by atoms with Gasteiger partial charge in [0.15, 0.2) is 0 Å². The summed E-state index contributed by atoms with van der Waals surface area (Å²) in [6, 6.07) is 7.38. The molecule has 7 nitrogen and oxygen atoms in total. The minimum Gasteiger partial charge on any atom is -0.368 e. The van der Waals surface area contributed by atoms with Gasteiger partial charge in [-0.05, 0) is 24.6 Å². The Kier molecular flexibility index (Phi) is 3.43. The first-order chi connectivity index (χ1) is 11.8. The molecule has 1 aliphatic rings. The zero-order valence-corrected chi connectivity index (χ0v) is 12.8. The molecule has 0 amide bonds. The molecule has 4 rings (SSSR count). The molecule has 3 aromatic rings. The van der Waals surface area contributed by atoms with Crippen LogP contribution in [-0.4, -0.2) is 33.0 Å². The standard InChI is InChI=1S/C17H14N6O/c18-9-12-15(14-13(22-17(12)24)3-1-5-19-14)23-8-4-11(10-23)16-20-6-2-7-21-16/h1-3,5-7,11H,4,8,10H2,(H,22,24). The predicted octanol–water partition coefficient (Wildman–Crippen LogP) is 1.58. The van der Waals surface area contributed by atoms with Crippen LogP contribution >= 0.6 is 0 Å². The van der Waals surface area contributed by atoms with Gasteiger partial charge in [0, 0.05) is 37.6 Å². The second-order valence-corrected chi connectivity index (χ2v) is 5.73. The van der Waals surface area contributed by atoms with Crippen molar-refractivity contribution in [3.63, 3.8) is 0 Å². The van der Waals surface area contributed by atoms with Crippen LogP contribution in [0.5, 0.6) is 0 Å². The van der Waals surface area contributed by atoms with E-state index in [1.165, 1.54) is 0 Å². The van der Waals surface area contributed by atoms with Gasteiger partial charge < -0.3 is 9.88 Å². The molecular weight excluding hydrogens is 304 g/mol. The van der Waals surface area contributed by atoms with Gasteiger partial charge in [-0.25, -0.2) is 9.97 Å². The average molecular weight is 318 g/mol. The first kappa shape index (κ1) is 14.3. The Bertz CT molecular complexity index is 991. The number of fused-ring (bicyclic) bond motifs is 1. The summed E-state index contributed by atoms with van der Waals surface area (Å²) in [6.07, 6.45) is 6.00. The number of pyridine rings is 2. The van der Waals surface area contributed by atoms with Gasteiger partial charge in [0.2, 0.25) is 0 Å². The molecule has 1 N–H and O–H groups in total. The van der Waals surface area contributed by atoms with Crippen molar-refractivity contribution in [3.05, 3.63) is 58.5 Å². The molecular formula is C17H14N6O. The zero-order valence-electron chi connectivity index (χ0n) is 12.8. The minimum atomic E-state index is -0.382. The van der Waals surface area contributed by atoms with Crippen LogP contribution in [0.15, 0.2) is 41.6 Å². The molecule has 1 unspecified atom stereocenters. The summed E-state index contributed by atoms with van der Waals surface area (Å²) in [7, 11) is 0. The van der Waals surface area contributed by atoms with Crippen molar-refractivity contribution >= 4 is 16.7 Å². The number of nitriles is 1. The number of hydrogen-bond donors (Lipinski definition) is 1. The summed E-state index contributed by atoms with van der Waals surface area (Å²) in [4.78, 5) is 30.0. The highest BCUT2D eigenvalue weighted by Crippen LogP contribution is 2.33. The van der Waals surface area contributed by atoms with Crippen LogP contribution in [0.3, 0.4) is 0 Å². The van der Waals surface area contributed by atoms with Gasteiger partial charge in [-0.3, -0.25) is 9.78 Å². The summed E-state index contributed by atoms with van der Waals surface area (Å²) in [5.74, 6) is 0.969. The number of hydrogen-bond acceptors (Lipinski definition) is 6. The van der Waals surface area contributed by atoms with E-state index in [-0.39, 0.29) is 17.0 Å². The number of nitrogens with zero attached hydrogens (tertiary/aromatic N) is 5. The largest absolute Gasteiger partial charge is 0.368 e. The molecule has 118 valence electrons. The third-order valence-corrected chi connectivity index (χ3v) is 4.31. The Hall–Kier alpha value is -3.27. The number of aromatic nitrogens is 4. The van der Waals surface area contributed by atoms with Gasteiger partial charge >= 0.3 is 0 Å². The molecule has 7 heteroatoms. The monoisotopic (exact) mass is 318 g/mol. The second-order valence-electron chi connectivity index (χ2n) is 5.73. The first-order valence-electron chi connectivity index (χ1n) is 7.71. The normalized spacial score (nSPS) is 17.1. The van der Waals surface area contributed by atoms with E-state index in [1.54, 1.807) is 36.8 Å². The maximum absolute atomic E-state index is 12.2. The molecule has 1 aliphatic heterocycles. The number of rotatable bonds is 2. The Morgan fingerprint density at radius 3 is 2.79 bits per heavy atom. The first-order valence-corrected chi connectivity index (χ1v) is 7.71. The van der Waals surface area contributed by atoms with Gasteiger partial charge in [0.1, 0.15) is 23.0 Å². The summed E-state index contributed by atoms with van der Waals surface area (Å²) in [6.45, 7) is 1.39. The Balaban J connectivity index is 1.80. The number of anilines is 1. The summed E-state index contributed by atoms with van der Waals surface area (Å²) in [5.41, 5.74) is 1.61. The Morgan fingerprint density at radius 2 is 2.00 bits per heavy atom. The predicted molar refractivity (Wildman–Crippen MR) is 88.7 cm³/mol. The molecule has 0 aromatic carbocycles. The van der Waals surface area contributed by atoms with Crippen molar-refractivity contribution in [1.82, 2.24) is 19.9 Å². The SMILES string of the molecule is N#Cc1c(N2CCC(c3ncccn3)C2)c2ncccc2[nH]c1=O. The molecule has 1 fully saturated rings. The van der Waals surface area contributed by atoms with Crippen LogP contribution in [0, 0.1) is 11.3 Å². The van der Waals surface area contributed by atoms with Crippen molar-refractivity contribution in [1.29, 1.82) is 5.26 Å². The fourth-order valence-corrected chi connectivity index (χ4v) is 3.21. The lowest BCUT2D eigenvalue weighted by molar-refractivity contribution is 0.709. The second kappa shape index (κ2) is 5.74. The number of nitrogens with one attached hydrogen (secondary N) is 1. The van der Waals surface area contributed by atoms with Crippen molar-refractivity contribution in [2.24, 2.45) is 0 Å². The third-order valence-electron chi connectivity index (χ3n) is 4.31. The highest BCUT2D eigenvalue weighted by Gasteiger charge is 2.29. The maximum atomic E-state index is 12.2. The molecule has 1 atom stereocenters. The van der Waals surface area contributed by atoms with Crippen molar-refractivity contribution in [2.45, 2.75) is 12.3 Å². The third kappa shape index (κ3) is 2.29. The lowest BCUT2D eigenvalue weighted by Gasteiger charge is -2.20. The topological polar surface area (TPSA) is 98.6 Å². The molecule has 24 heavy (non-hydrogen) atoms. The molecule has 1 saturated heterocycles. The Morgan fingerprint density at radius 1 is 1.21 bits per heavy atom. The van der Waals surface area contributed by atoms with E-state index >= 15 is 0 Å². The van der Waals surface area contributed by atoms with E-state index in [0.29, 0.717) is 23.3 Å². The molecule has 0 saturated carbocycles. The molecule has 4 heterocycles. The smallest absolute Gasteiger partial charge is 0.268 e. The molecule has 0 aliphatic carbocycles. The van der Waals surface area contributed by atoms with E-state index in [4.69, 9.17) is 0 Å². The van der Waals surface area contributed by atoms with E-state index < -0.39 is 0 Å². The molecule has 0 spiro atoms. The summed E-state index contributed by atoms with van der Waals surface area (Å²) in [5, 5.41) is 9.45. The van der Waals surface area contributed by atoms with Crippen LogP contribution in [0.4, 0.5) is 5.69 Å². The quantitative estimate of drug-likeness (QED) is 0.770. The summed E-state index contributed by atoms with van der Waals surface area (Å²) >= 11 is 0. The van der Waals surface area contributed by atoms with Crippen molar-refractivity contribution in [2.75, 3.05) is 18.0 Å². The van der Waals surface area contributed by atoms with Gasteiger partial charge in [-0.15, -0.1) is 0 Å². The van der Waals surface area contributed by atoms with Crippen molar-refractivity contribution in [3.8, 4) is 6.07 Å². The van der Waals surface area contributed by atoms with Gasteiger partial charge in [-0.2, -0.15) is 5.26 Å². The lowest BCUT2D eigenvalue weighted by Crippen LogP contribution is -2.25. The molecule has 0 radical (unpaired) electrons. The van der Waals surface area contributed by atoms with Crippen molar-refractivity contribution < 1.29 is 0 Å².